The maximum Gasteiger partial charge on any atom is 0.348 e. The van der Waals surface area contributed by atoms with Gasteiger partial charge in [0.25, 0.3) is 0 Å². The van der Waals surface area contributed by atoms with Crippen LogP contribution in [0.1, 0.15) is 50.0 Å². The summed E-state index contributed by atoms with van der Waals surface area (Å²) in [6.07, 6.45) is 2.25. The Hall–Kier alpha value is -3.30. The molecule has 182 valence electrons. The lowest BCUT2D eigenvalue weighted by molar-refractivity contribution is 0.0479. The van der Waals surface area contributed by atoms with Crippen LogP contribution in [0.4, 0.5) is 4.39 Å². The number of carbonyl (C=O) groups excluding carboxylic acids is 2. The molecule has 4 heterocycles. The number of hydrogen-bond acceptors (Lipinski definition) is 6. The van der Waals surface area contributed by atoms with Gasteiger partial charge in [0.1, 0.15) is 15.5 Å². The molecule has 1 aliphatic heterocycles. The molecule has 35 heavy (non-hydrogen) atoms. The molecule has 1 saturated heterocycles. The molecule has 0 bridgehead atoms. The second-order valence-electron chi connectivity index (χ2n) is 8.83. The van der Waals surface area contributed by atoms with E-state index in [1.165, 1.54) is 23.5 Å². The van der Waals surface area contributed by atoms with Crippen LogP contribution in [0.5, 0.6) is 0 Å². The van der Waals surface area contributed by atoms with E-state index in [1.54, 1.807) is 22.9 Å². The number of thiophene rings is 1. The molecule has 1 aromatic carbocycles. The van der Waals surface area contributed by atoms with Crippen LogP contribution >= 0.6 is 11.3 Å². The number of Topliss-reactive ketones (excluding diaryl/α,β-unsaturated/α-hetero) is 1. The van der Waals surface area contributed by atoms with Crippen LogP contribution < -0.4 is 0 Å². The number of aryl methyl sites for hydroxylation is 2. The molecular formula is C26H26FN3O4S. The third-order valence-electron chi connectivity index (χ3n) is 6.44. The monoisotopic (exact) mass is 495 g/mol. The van der Waals surface area contributed by atoms with E-state index in [2.05, 4.69) is 9.67 Å². The number of carbonyl (C=O) groups is 2. The zero-order valence-corrected chi connectivity index (χ0v) is 20.7. The lowest BCUT2D eigenvalue weighted by atomic mass is 10.1. The molecule has 0 spiro atoms. The summed E-state index contributed by atoms with van der Waals surface area (Å²) in [5, 5.41) is 5.32. The smallest absolute Gasteiger partial charge is 0.348 e. The van der Waals surface area contributed by atoms with E-state index < -0.39 is 5.97 Å². The van der Waals surface area contributed by atoms with Gasteiger partial charge >= 0.3 is 5.97 Å². The molecule has 9 heteroatoms. The van der Waals surface area contributed by atoms with Crippen molar-refractivity contribution in [3.63, 3.8) is 0 Å². The number of esters is 1. The van der Waals surface area contributed by atoms with Crippen molar-refractivity contribution < 1.29 is 23.5 Å². The fourth-order valence-electron chi connectivity index (χ4n) is 4.54. The lowest BCUT2D eigenvalue weighted by Crippen LogP contribution is -2.18. The van der Waals surface area contributed by atoms with Gasteiger partial charge in [0.2, 0.25) is 5.78 Å². The van der Waals surface area contributed by atoms with E-state index in [9.17, 15) is 14.0 Å². The average Bonchev–Trinajstić information content (AvgIpc) is 3.62. The molecule has 0 amide bonds. The van der Waals surface area contributed by atoms with Gasteiger partial charge in [-0.25, -0.2) is 13.9 Å². The third-order valence-corrected chi connectivity index (χ3v) is 7.53. The first-order chi connectivity index (χ1) is 16.8. The highest BCUT2D eigenvalue weighted by Gasteiger charge is 2.23. The molecule has 4 aromatic rings. The minimum atomic E-state index is -0.558. The SMILES string of the molecule is Cc1nn(-c2ccc(F)cc2)c2sc(C(=O)OCC(=O)c3cc(C)n(CC4CCCO4)c3C)cc12. The Bertz CT molecular complexity index is 1410. The summed E-state index contributed by atoms with van der Waals surface area (Å²) in [5.74, 6) is -1.13. The van der Waals surface area contributed by atoms with Crippen molar-refractivity contribution in [3.8, 4) is 5.69 Å². The Morgan fingerprint density at radius 3 is 2.69 bits per heavy atom. The largest absolute Gasteiger partial charge is 0.453 e. The average molecular weight is 496 g/mol. The molecule has 0 saturated carbocycles. The maximum absolute atomic E-state index is 13.3. The molecule has 0 aliphatic carbocycles. The van der Waals surface area contributed by atoms with Gasteiger partial charge in [-0.3, -0.25) is 4.79 Å². The Labute approximate surface area is 206 Å². The number of ketones is 1. The van der Waals surface area contributed by atoms with Gasteiger partial charge in [-0.1, -0.05) is 0 Å². The lowest BCUT2D eigenvalue weighted by Gasteiger charge is -2.14. The first kappa shape index (κ1) is 23.4. The number of benzene rings is 1. The van der Waals surface area contributed by atoms with Crippen LogP contribution in [0.2, 0.25) is 0 Å². The summed E-state index contributed by atoms with van der Waals surface area (Å²) in [6.45, 7) is 6.89. The zero-order chi connectivity index (χ0) is 24.7. The minimum Gasteiger partial charge on any atom is -0.453 e. The summed E-state index contributed by atoms with van der Waals surface area (Å²) < 4.78 is 28.2. The molecule has 5 rings (SSSR count). The standard InChI is InChI=1S/C26H26FN3O4S/c1-15-11-22(17(3)29(15)13-20-5-4-10-33-20)23(31)14-34-26(32)24-12-21-16(2)28-30(25(21)35-24)19-8-6-18(27)7-9-19/h6-9,11-12,20H,4-5,10,13-14H2,1-3H3. The van der Waals surface area contributed by atoms with Gasteiger partial charge in [-0.15, -0.1) is 11.3 Å². The first-order valence-corrected chi connectivity index (χ1v) is 12.4. The number of aromatic nitrogens is 3. The van der Waals surface area contributed by atoms with Crippen molar-refractivity contribution >= 4 is 33.3 Å². The molecule has 1 aliphatic rings. The molecular weight excluding hydrogens is 469 g/mol. The number of hydrogen-bond donors (Lipinski definition) is 0. The maximum atomic E-state index is 13.3. The number of fused-ring (bicyclic) bond motifs is 1. The van der Waals surface area contributed by atoms with Gasteiger partial charge in [-0.2, -0.15) is 5.10 Å². The topological polar surface area (TPSA) is 75.4 Å². The Morgan fingerprint density at radius 1 is 1.20 bits per heavy atom. The van der Waals surface area contributed by atoms with E-state index in [0.29, 0.717) is 16.1 Å². The predicted octanol–water partition coefficient (Wildman–Crippen LogP) is 5.17. The van der Waals surface area contributed by atoms with Crippen molar-refractivity contribution in [1.29, 1.82) is 0 Å². The van der Waals surface area contributed by atoms with Crippen LogP contribution in [0, 0.1) is 26.6 Å². The van der Waals surface area contributed by atoms with E-state index in [4.69, 9.17) is 9.47 Å². The van der Waals surface area contributed by atoms with Crippen LogP contribution in [-0.4, -0.2) is 45.4 Å². The number of nitrogens with zero attached hydrogens (tertiary/aromatic N) is 3. The quantitative estimate of drug-likeness (QED) is 0.261. The number of halogens is 1. The molecule has 0 N–H and O–H groups in total. The third kappa shape index (κ3) is 4.53. The highest BCUT2D eigenvalue weighted by atomic mass is 32.1. The molecule has 1 fully saturated rings. The molecule has 1 atom stereocenters. The van der Waals surface area contributed by atoms with Crippen LogP contribution in [0.3, 0.4) is 0 Å². The highest BCUT2D eigenvalue weighted by Crippen LogP contribution is 2.31. The Morgan fingerprint density at radius 2 is 1.97 bits per heavy atom. The van der Waals surface area contributed by atoms with Crippen LogP contribution in [0.15, 0.2) is 36.4 Å². The van der Waals surface area contributed by atoms with Gasteiger partial charge in [-0.05, 0) is 70.0 Å². The van der Waals surface area contributed by atoms with Gasteiger partial charge in [0.15, 0.2) is 6.61 Å². The van der Waals surface area contributed by atoms with Crippen molar-refractivity contribution in [1.82, 2.24) is 14.3 Å². The van der Waals surface area contributed by atoms with E-state index in [1.807, 2.05) is 26.8 Å². The van der Waals surface area contributed by atoms with Crippen molar-refractivity contribution in [2.24, 2.45) is 0 Å². The zero-order valence-electron chi connectivity index (χ0n) is 19.8. The van der Waals surface area contributed by atoms with Crippen LogP contribution in [0.25, 0.3) is 15.9 Å². The molecule has 3 aromatic heterocycles. The Kier molecular flexibility index (Phi) is 6.29. The summed E-state index contributed by atoms with van der Waals surface area (Å²) in [6, 6.07) is 9.57. The van der Waals surface area contributed by atoms with Crippen molar-refractivity contribution in [2.45, 2.75) is 46.3 Å². The van der Waals surface area contributed by atoms with Gasteiger partial charge < -0.3 is 14.0 Å². The number of rotatable bonds is 7. The fraction of sp³-hybridized carbons (Fsp3) is 0.346. The van der Waals surface area contributed by atoms with Crippen molar-refractivity contribution in [2.75, 3.05) is 13.2 Å². The fourth-order valence-corrected chi connectivity index (χ4v) is 5.62. The minimum absolute atomic E-state index is 0.169. The van der Waals surface area contributed by atoms with Gasteiger partial charge in [0, 0.05) is 35.5 Å². The van der Waals surface area contributed by atoms with Gasteiger partial charge in [0.05, 0.1) is 17.5 Å². The second kappa shape index (κ2) is 9.39. The summed E-state index contributed by atoms with van der Waals surface area (Å²) in [5.41, 5.74) is 3.84. The molecule has 7 nitrogen and oxygen atoms in total. The van der Waals surface area contributed by atoms with E-state index >= 15 is 0 Å². The molecule has 1 unspecified atom stereocenters. The summed E-state index contributed by atoms with van der Waals surface area (Å²) in [4.78, 5) is 26.8. The molecule has 0 radical (unpaired) electrons. The summed E-state index contributed by atoms with van der Waals surface area (Å²) >= 11 is 1.23. The van der Waals surface area contributed by atoms with E-state index in [-0.39, 0.29) is 24.3 Å². The van der Waals surface area contributed by atoms with Crippen molar-refractivity contribution in [3.05, 3.63) is 69.7 Å². The van der Waals surface area contributed by atoms with E-state index in [0.717, 1.165) is 53.3 Å². The van der Waals surface area contributed by atoms with Crippen LogP contribution in [-0.2, 0) is 16.0 Å². The Balaban J connectivity index is 1.30. The second-order valence-corrected chi connectivity index (χ2v) is 9.86. The normalized spacial score (nSPS) is 15.7. The predicted molar refractivity (Wildman–Crippen MR) is 131 cm³/mol. The summed E-state index contributed by atoms with van der Waals surface area (Å²) in [7, 11) is 0. The highest BCUT2D eigenvalue weighted by molar-refractivity contribution is 7.20. The first-order valence-electron chi connectivity index (χ1n) is 11.6. The number of ether oxygens (including phenoxy) is 2.